The predicted octanol–water partition coefficient (Wildman–Crippen LogP) is 1.28. The van der Waals surface area contributed by atoms with E-state index in [0.29, 0.717) is 23.7 Å². The second kappa shape index (κ2) is 6.89. The summed E-state index contributed by atoms with van der Waals surface area (Å²) >= 11 is 0. The SMILES string of the molecule is CCNCCCn1nc(C)c(S(=O)(=O)N2CCCC2)c1C. The standard InChI is InChI=1S/C14H26N4O2S/c1-4-15-8-7-11-18-13(3)14(12(2)16-18)21(19,20)17-9-5-6-10-17/h15H,4-11H2,1-3H3. The first-order valence-corrected chi connectivity index (χ1v) is 9.17. The van der Waals surface area contributed by atoms with Crippen molar-refractivity contribution in [2.24, 2.45) is 0 Å². The van der Waals surface area contributed by atoms with Crippen molar-refractivity contribution in [2.45, 2.75) is 51.5 Å². The Morgan fingerprint density at radius 3 is 2.52 bits per heavy atom. The Hall–Kier alpha value is -0.920. The molecular formula is C14H26N4O2S. The molecule has 0 bridgehead atoms. The minimum atomic E-state index is -3.38. The highest BCUT2D eigenvalue weighted by atomic mass is 32.2. The Morgan fingerprint density at radius 2 is 1.90 bits per heavy atom. The fraction of sp³-hybridized carbons (Fsp3) is 0.786. The molecule has 7 heteroatoms. The summed E-state index contributed by atoms with van der Waals surface area (Å²) in [6.07, 6.45) is 2.85. The third kappa shape index (κ3) is 3.46. The van der Waals surface area contributed by atoms with Gasteiger partial charge in [-0.25, -0.2) is 8.42 Å². The molecule has 6 nitrogen and oxygen atoms in total. The Kier molecular flexibility index (Phi) is 5.40. The predicted molar refractivity (Wildman–Crippen MR) is 82.9 cm³/mol. The van der Waals surface area contributed by atoms with Gasteiger partial charge in [0.05, 0.1) is 11.4 Å². The van der Waals surface area contributed by atoms with Gasteiger partial charge in [0.2, 0.25) is 10.0 Å². The van der Waals surface area contributed by atoms with Gasteiger partial charge in [-0.15, -0.1) is 0 Å². The molecule has 1 aliphatic rings. The molecule has 120 valence electrons. The number of rotatable bonds is 7. The largest absolute Gasteiger partial charge is 0.317 e. The van der Waals surface area contributed by atoms with Gasteiger partial charge >= 0.3 is 0 Å². The maximum absolute atomic E-state index is 12.7. The van der Waals surface area contributed by atoms with Gasteiger partial charge < -0.3 is 5.32 Å². The van der Waals surface area contributed by atoms with Crippen molar-refractivity contribution >= 4 is 10.0 Å². The Labute approximate surface area is 127 Å². The third-order valence-corrected chi connectivity index (χ3v) is 6.10. The topological polar surface area (TPSA) is 67.2 Å². The van der Waals surface area contributed by atoms with E-state index < -0.39 is 10.0 Å². The molecular weight excluding hydrogens is 288 g/mol. The molecule has 1 aromatic heterocycles. The summed E-state index contributed by atoms with van der Waals surface area (Å²) in [5.41, 5.74) is 1.37. The van der Waals surface area contributed by atoms with Crippen LogP contribution in [0.4, 0.5) is 0 Å². The van der Waals surface area contributed by atoms with Crippen LogP contribution in [0, 0.1) is 13.8 Å². The molecule has 2 heterocycles. The lowest BCUT2D eigenvalue weighted by atomic mass is 10.4. The van der Waals surface area contributed by atoms with E-state index in [1.165, 1.54) is 0 Å². The van der Waals surface area contributed by atoms with Crippen molar-refractivity contribution in [3.05, 3.63) is 11.4 Å². The summed E-state index contributed by atoms with van der Waals surface area (Å²) in [5, 5.41) is 7.70. The fourth-order valence-corrected chi connectivity index (χ4v) is 4.75. The van der Waals surface area contributed by atoms with E-state index in [9.17, 15) is 8.42 Å². The van der Waals surface area contributed by atoms with Crippen molar-refractivity contribution in [3.8, 4) is 0 Å². The van der Waals surface area contributed by atoms with Crippen LogP contribution < -0.4 is 5.32 Å². The third-order valence-electron chi connectivity index (χ3n) is 3.95. The van der Waals surface area contributed by atoms with E-state index in [2.05, 4.69) is 17.3 Å². The van der Waals surface area contributed by atoms with Crippen molar-refractivity contribution in [1.82, 2.24) is 19.4 Å². The molecule has 0 aliphatic carbocycles. The van der Waals surface area contributed by atoms with Crippen LogP contribution in [-0.2, 0) is 16.6 Å². The number of aromatic nitrogens is 2. The van der Waals surface area contributed by atoms with Gasteiger partial charge in [0.25, 0.3) is 0 Å². The van der Waals surface area contributed by atoms with Crippen LogP contribution in [-0.4, -0.2) is 48.7 Å². The summed E-state index contributed by atoms with van der Waals surface area (Å²) < 4.78 is 28.9. The quantitative estimate of drug-likeness (QED) is 0.770. The molecule has 0 amide bonds. The van der Waals surface area contributed by atoms with E-state index >= 15 is 0 Å². The maximum atomic E-state index is 12.7. The van der Waals surface area contributed by atoms with Crippen molar-refractivity contribution in [2.75, 3.05) is 26.2 Å². The van der Waals surface area contributed by atoms with Crippen LogP contribution >= 0.6 is 0 Å². The summed E-state index contributed by atoms with van der Waals surface area (Å²) in [6.45, 7) is 9.60. The molecule has 0 atom stereocenters. The zero-order valence-corrected chi connectivity index (χ0v) is 14.0. The molecule has 1 aromatic rings. The van der Waals surface area contributed by atoms with Gasteiger partial charge in [-0.1, -0.05) is 6.92 Å². The zero-order chi connectivity index (χ0) is 15.5. The summed E-state index contributed by atoms with van der Waals surface area (Å²) in [4.78, 5) is 0.410. The minimum absolute atomic E-state index is 0.410. The lowest BCUT2D eigenvalue weighted by Gasteiger charge is -2.15. The minimum Gasteiger partial charge on any atom is -0.317 e. The van der Waals surface area contributed by atoms with Crippen molar-refractivity contribution in [3.63, 3.8) is 0 Å². The smallest absolute Gasteiger partial charge is 0.246 e. The van der Waals surface area contributed by atoms with Crippen molar-refractivity contribution in [1.29, 1.82) is 0 Å². The van der Waals surface area contributed by atoms with E-state index in [1.54, 1.807) is 11.2 Å². The number of sulfonamides is 1. The molecule has 1 saturated heterocycles. The van der Waals surface area contributed by atoms with Crippen LogP contribution in [0.3, 0.4) is 0 Å². The van der Waals surface area contributed by atoms with Crippen molar-refractivity contribution < 1.29 is 8.42 Å². The van der Waals surface area contributed by atoms with Crippen LogP contribution in [0.1, 0.15) is 37.6 Å². The first-order chi connectivity index (χ1) is 9.98. The van der Waals surface area contributed by atoms with Crippen LogP contribution in [0.2, 0.25) is 0 Å². The molecule has 0 unspecified atom stereocenters. The van der Waals surface area contributed by atoms with Gasteiger partial charge in [0.1, 0.15) is 4.90 Å². The Balaban J connectivity index is 2.18. The van der Waals surface area contributed by atoms with E-state index in [0.717, 1.165) is 44.6 Å². The average molecular weight is 314 g/mol. The van der Waals surface area contributed by atoms with Gasteiger partial charge in [0, 0.05) is 19.6 Å². The highest BCUT2D eigenvalue weighted by Crippen LogP contribution is 2.26. The molecule has 1 aliphatic heterocycles. The van der Waals surface area contributed by atoms with E-state index in [4.69, 9.17) is 0 Å². The van der Waals surface area contributed by atoms with Gasteiger partial charge in [0.15, 0.2) is 0 Å². The average Bonchev–Trinajstić information content (AvgIpc) is 3.04. The van der Waals surface area contributed by atoms with Crippen LogP contribution in [0.5, 0.6) is 0 Å². The van der Waals surface area contributed by atoms with Crippen LogP contribution in [0.25, 0.3) is 0 Å². The lowest BCUT2D eigenvalue weighted by Crippen LogP contribution is -2.28. The monoisotopic (exact) mass is 314 g/mol. The molecule has 21 heavy (non-hydrogen) atoms. The van der Waals surface area contributed by atoms with E-state index in [-0.39, 0.29) is 0 Å². The maximum Gasteiger partial charge on any atom is 0.246 e. The number of hydrogen-bond acceptors (Lipinski definition) is 4. The molecule has 2 rings (SSSR count). The molecule has 1 N–H and O–H groups in total. The second-order valence-corrected chi connectivity index (χ2v) is 7.42. The zero-order valence-electron chi connectivity index (χ0n) is 13.2. The summed E-state index contributed by atoms with van der Waals surface area (Å²) in [6, 6.07) is 0. The molecule has 0 aromatic carbocycles. The highest BCUT2D eigenvalue weighted by molar-refractivity contribution is 7.89. The Bertz CT molecular complexity index is 574. The summed E-state index contributed by atoms with van der Waals surface area (Å²) in [5.74, 6) is 0. The van der Waals surface area contributed by atoms with Gasteiger partial charge in [-0.05, 0) is 46.2 Å². The summed E-state index contributed by atoms with van der Waals surface area (Å²) in [7, 11) is -3.38. The molecule has 0 saturated carbocycles. The second-order valence-electron chi connectivity index (χ2n) is 5.54. The number of nitrogens with one attached hydrogen (secondary N) is 1. The molecule has 0 radical (unpaired) electrons. The number of nitrogens with zero attached hydrogens (tertiary/aromatic N) is 3. The first-order valence-electron chi connectivity index (χ1n) is 7.73. The normalized spacial score (nSPS) is 16.7. The molecule has 0 spiro atoms. The Morgan fingerprint density at radius 1 is 1.24 bits per heavy atom. The van der Waals surface area contributed by atoms with Gasteiger partial charge in [-0.3, -0.25) is 4.68 Å². The number of hydrogen-bond donors (Lipinski definition) is 1. The highest BCUT2D eigenvalue weighted by Gasteiger charge is 2.32. The molecule has 1 fully saturated rings. The van der Waals surface area contributed by atoms with Gasteiger partial charge in [-0.2, -0.15) is 9.40 Å². The lowest BCUT2D eigenvalue weighted by molar-refractivity contribution is 0.476. The fourth-order valence-electron chi connectivity index (χ4n) is 2.86. The number of aryl methyl sites for hydroxylation is 2. The van der Waals surface area contributed by atoms with E-state index in [1.807, 2.05) is 11.6 Å². The first kappa shape index (κ1) is 16.5. The van der Waals surface area contributed by atoms with Crippen LogP contribution in [0.15, 0.2) is 4.90 Å².